The molecule has 0 unspecified atom stereocenters. The van der Waals surface area contributed by atoms with Crippen molar-refractivity contribution in [2.75, 3.05) is 0 Å². The van der Waals surface area contributed by atoms with Gasteiger partial charge in [-0.1, -0.05) is 0 Å². The summed E-state index contributed by atoms with van der Waals surface area (Å²) in [6.07, 6.45) is 6.42. The SMILES string of the molecule is CC(=O)/C=C/c1cnc(C)cn1. The van der Waals surface area contributed by atoms with Crippen LogP contribution < -0.4 is 0 Å². The van der Waals surface area contributed by atoms with E-state index >= 15 is 0 Å². The molecule has 1 heterocycles. The zero-order valence-corrected chi connectivity index (χ0v) is 7.11. The Bertz CT molecular complexity index is 301. The van der Waals surface area contributed by atoms with Gasteiger partial charge in [0.2, 0.25) is 0 Å². The zero-order chi connectivity index (χ0) is 8.97. The molecule has 0 saturated carbocycles. The average molecular weight is 162 g/mol. The number of carbonyl (C=O) groups is 1. The van der Waals surface area contributed by atoms with Crippen LogP contribution in [0.5, 0.6) is 0 Å². The van der Waals surface area contributed by atoms with Gasteiger partial charge in [0.15, 0.2) is 5.78 Å². The molecule has 0 aliphatic carbocycles. The van der Waals surface area contributed by atoms with Gasteiger partial charge in [0.1, 0.15) is 0 Å². The first-order valence-corrected chi connectivity index (χ1v) is 3.66. The summed E-state index contributed by atoms with van der Waals surface area (Å²) in [5.74, 6) is 0.0115. The van der Waals surface area contributed by atoms with E-state index < -0.39 is 0 Å². The molecule has 0 atom stereocenters. The van der Waals surface area contributed by atoms with Crippen LogP contribution in [-0.4, -0.2) is 15.8 Å². The highest BCUT2D eigenvalue weighted by molar-refractivity contribution is 5.91. The lowest BCUT2D eigenvalue weighted by molar-refractivity contribution is -0.112. The molecule has 0 saturated heterocycles. The van der Waals surface area contributed by atoms with E-state index in [1.165, 1.54) is 13.0 Å². The molecule has 0 N–H and O–H groups in total. The van der Waals surface area contributed by atoms with Crippen molar-refractivity contribution in [3.63, 3.8) is 0 Å². The van der Waals surface area contributed by atoms with E-state index in [4.69, 9.17) is 0 Å². The summed E-state index contributed by atoms with van der Waals surface area (Å²) in [4.78, 5) is 18.6. The van der Waals surface area contributed by atoms with E-state index in [0.29, 0.717) is 5.69 Å². The highest BCUT2D eigenvalue weighted by Gasteiger charge is 1.89. The molecule has 1 aromatic rings. The Morgan fingerprint density at radius 1 is 1.42 bits per heavy atom. The van der Waals surface area contributed by atoms with Crippen LogP contribution in [0.3, 0.4) is 0 Å². The largest absolute Gasteiger partial charge is 0.295 e. The Balaban J connectivity index is 2.77. The lowest BCUT2D eigenvalue weighted by Crippen LogP contribution is -1.87. The molecule has 0 fully saturated rings. The fourth-order valence-electron chi connectivity index (χ4n) is 0.691. The lowest BCUT2D eigenvalue weighted by atomic mass is 10.3. The zero-order valence-electron chi connectivity index (χ0n) is 7.11. The van der Waals surface area contributed by atoms with E-state index in [-0.39, 0.29) is 5.78 Å². The van der Waals surface area contributed by atoms with E-state index in [9.17, 15) is 4.79 Å². The van der Waals surface area contributed by atoms with Crippen LogP contribution in [-0.2, 0) is 4.79 Å². The van der Waals surface area contributed by atoms with E-state index in [2.05, 4.69) is 9.97 Å². The first kappa shape index (κ1) is 8.59. The van der Waals surface area contributed by atoms with Crippen LogP contribution in [0.4, 0.5) is 0 Å². The molecular formula is C9H10N2O. The van der Waals surface area contributed by atoms with Crippen molar-refractivity contribution >= 4 is 11.9 Å². The smallest absolute Gasteiger partial charge is 0.152 e. The van der Waals surface area contributed by atoms with Gasteiger partial charge in [0.05, 0.1) is 17.6 Å². The minimum absolute atomic E-state index is 0.0115. The number of aromatic nitrogens is 2. The number of hydrogen-bond acceptors (Lipinski definition) is 3. The summed E-state index contributed by atoms with van der Waals surface area (Å²) in [6, 6.07) is 0. The van der Waals surface area contributed by atoms with Crippen molar-refractivity contribution in [2.24, 2.45) is 0 Å². The van der Waals surface area contributed by atoms with Gasteiger partial charge in [-0.15, -0.1) is 0 Å². The fourth-order valence-corrected chi connectivity index (χ4v) is 0.691. The molecule has 1 rings (SSSR count). The maximum Gasteiger partial charge on any atom is 0.152 e. The van der Waals surface area contributed by atoms with Crippen LogP contribution in [0.15, 0.2) is 18.5 Å². The van der Waals surface area contributed by atoms with Gasteiger partial charge in [-0.3, -0.25) is 14.8 Å². The van der Waals surface area contributed by atoms with Crippen molar-refractivity contribution in [1.82, 2.24) is 9.97 Å². The van der Waals surface area contributed by atoms with Crippen LogP contribution in [0, 0.1) is 6.92 Å². The third-order valence-corrected chi connectivity index (χ3v) is 1.29. The fraction of sp³-hybridized carbons (Fsp3) is 0.222. The van der Waals surface area contributed by atoms with Crippen molar-refractivity contribution in [2.45, 2.75) is 13.8 Å². The predicted molar refractivity (Wildman–Crippen MR) is 46.5 cm³/mol. The van der Waals surface area contributed by atoms with Crippen LogP contribution in [0.1, 0.15) is 18.3 Å². The number of ketones is 1. The molecule has 0 spiro atoms. The number of aryl methyl sites for hydroxylation is 1. The standard InChI is InChI=1S/C9H10N2O/c1-7-5-11-9(6-10-7)4-3-8(2)12/h3-6H,1-2H3/b4-3+. The highest BCUT2D eigenvalue weighted by Crippen LogP contribution is 1.96. The third-order valence-electron chi connectivity index (χ3n) is 1.29. The Morgan fingerprint density at radius 2 is 2.17 bits per heavy atom. The van der Waals surface area contributed by atoms with Gasteiger partial charge in [0.25, 0.3) is 0 Å². The van der Waals surface area contributed by atoms with Crippen molar-refractivity contribution in [3.05, 3.63) is 29.9 Å². The van der Waals surface area contributed by atoms with Crippen LogP contribution in [0.2, 0.25) is 0 Å². The minimum Gasteiger partial charge on any atom is -0.295 e. The Morgan fingerprint density at radius 3 is 2.67 bits per heavy atom. The van der Waals surface area contributed by atoms with Gasteiger partial charge in [0, 0.05) is 6.20 Å². The third kappa shape index (κ3) is 2.62. The highest BCUT2D eigenvalue weighted by atomic mass is 16.1. The normalized spacial score (nSPS) is 10.5. The number of allylic oxidation sites excluding steroid dienone is 1. The second kappa shape index (κ2) is 3.76. The number of rotatable bonds is 2. The summed E-state index contributed by atoms with van der Waals surface area (Å²) in [5.41, 5.74) is 1.57. The van der Waals surface area contributed by atoms with Gasteiger partial charge >= 0.3 is 0 Å². The molecule has 0 bridgehead atoms. The second-order valence-corrected chi connectivity index (χ2v) is 2.53. The summed E-state index contributed by atoms with van der Waals surface area (Å²) in [7, 11) is 0. The van der Waals surface area contributed by atoms with E-state index in [1.54, 1.807) is 18.5 Å². The molecule has 0 radical (unpaired) electrons. The van der Waals surface area contributed by atoms with Gasteiger partial charge in [-0.05, 0) is 26.0 Å². The Kier molecular flexibility index (Phi) is 2.69. The first-order valence-electron chi connectivity index (χ1n) is 3.66. The number of hydrogen-bond donors (Lipinski definition) is 0. The monoisotopic (exact) mass is 162 g/mol. The molecule has 0 amide bonds. The summed E-state index contributed by atoms with van der Waals surface area (Å²) in [5, 5.41) is 0. The minimum atomic E-state index is 0.0115. The van der Waals surface area contributed by atoms with Crippen molar-refractivity contribution in [3.8, 4) is 0 Å². The molecule has 0 aliphatic rings. The number of carbonyl (C=O) groups excluding carboxylic acids is 1. The lowest BCUT2D eigenvalue weighted by Gasteiger charge is -1.91. The topological polar surface area (TPSA) is 42.9 Å². The second-order valence-electron chi connectivity index (χ2n) is 2.53. The van der Waals surface area contributed by atoms with Crippen molar-refractivity contribution in [1.29, 1.82) is 0 Å². The quantitative estimate of drug-likeness (QED) is 0.617. The number of nitrogens with zero attached hydrogens (tertiary/aromatic N) is 2. The Hall–Kier alpha value is -1.51. The molecule has 62 valence electrons. The molecule has 3 heteroatoms. The summed E-state index contributed by atoms with van der Waals surface area (Å²) < 4.78 is 0. The molecule has 0 aliphatic heterocycles. The molecule has 0 aromatic carbocycles. The summed E-state index contributed by atoms with van der Waals surface area (Å²) >= 11 is 0. The van der Waals surface area contributed by atoms with Crippen LogP contribution >= 0.6 is 0 Å². The van der Waals surface area contributed by atoms with E-state index in [0.717, 1.165) is 5.69 Å². The average Bonchev–Trinajstić information content (AvgIpc) is 2.03. The van der Waals surface area contributed by atoms with Crippen molar-refractivity contribution < 1.29 is 4.79 Å². The first-order chi connectivity index (χ1) is 5.68. The maximum absolute atomic E-state index is 10.5. The van der Waals surface area contributed by atoms with E-state index in [1.807, 2.05) is 6.92 Å². The van der Waals surface area contributed by atoms with Gasteiger partial charge in [-0.2, -0.15) is 0 Å². The van der Waals surface area contributed by atoms with Crippen LogP contribution in [0.25, 0.3) is 6.08 Å². The maximum atomic E-state index is 10.5. The predicted octanol–water partition coefficient (Wildman–Crippen LogP) is 1.39. The molecule has 3 nitrogen and oxygen atoms in total. The molecular weight excluding hydrogens is 152 g/mol. The Labute approximate surface area is 71.2 Å². The van der Waals surface area contributed by atoms with Gasteiger partial charge < -0.3 is 0 Å². The molecule has 1 aromatic heterocycles. The van der Waals surface area contributed by atoms with Gasteiger partial charge in [-0.25, -0.2) is 0 Å². The summed E-state index contributed by atoms with van der Waals surface area (Å²) in [6.45, 7) is 3.36. The molecule has 12 heavy (non-hydrogen) atoms.